The molecule has 0 amide bonds. The van der Waals surface area contributed by atoms with Crippen LogP contribution in [0.2, 0.25) is 0 Å². The molecule has 44 heavy (non-hydrogen) atoms. The van der Waals surface area contributed by atoms with Crippen LogP contribution in [0.1, 0.15) is 102 Å². The fourth-order valence-corrected chi connectivity index (χ4v) is 6.39. The summed E-state index contributed by atoms with van der Waals surface area (Å²) < 4.78 is 0. The Morgan fingerprint density at radius 1 is 0.591 bits per heavy atom. The predicted octanol–water partition coefficient (Wildman–Crippen LogP) is 9.16. The van der Waals surface area contributed by atoms with Crippen molar-refractivity contribution >= 4 is 23.0 Å². The quantitative estimate of drug-likeness (QED) is 0.194. The van der Waals surface area contributed by atoms with Crippen LogP contribution in [0.3, 0.4) is 0 Å². The fourth-order valence-electron chi connectivity index (χ4n) is 6.39. The Balaban J connectivity index is 0.00000384. The van der Waals surface area contributed by atoms with E-state index in [1.807, 2.05) is 12.4 Å². The second-order valence-electron chi connectivity index (χ2n) is 14.9. The van der Waals surface area contributed by atoms with Gasteiger partial charge in [0.05, 0.1) is 0 Å². The molecule has 2 aliphatic heterocycles. The Kier molecular flexibility index (Phi) is 8.91. The molecule has 2 aliphatic rings. The summed E-state index contributed by atoms with van der Waals surface area (Å²) in [6, 6.07) is 25.8. The third-order valence-corrected chi connectivity index (χ3v) is 9.34. The summed E-state index contributed by atoms with van der Waals surface area (Å²) in [6.07, 6.45) is 8.29. The van der Waals surface area contributed by atoms with E-state index < -0.39 is 0 Å². The van der Waals surface area contributed by atoms with Gasteiger partial charge in [-0.25, -0.2) is 9.97 Å². The normalized spacial score (nSPS) is 15.4. The second-order valence-corrected chi connectivity index (χ2v) is 14.9. The standard InChI is InChI=1S/C39H46N4.Pt/c1-37(2,3)29-17-19-40-35(25-29)42-21-9-11-27-13-15-31(23-33(27)42)39(7,8)32-16-14-28-12-10-22-43(34(28)24-32)36-26-30(18-20-41-36)38(4,5)6;/h13-20,25-26H,9-12,21-22H2,1-8H3;/q-2;+2. The van der Waals surface area contributed by atoms with Crippen molar-refractivity contribution in [1.82, 2.24) is 9.97 Å². The molecular formula is C39H46N4Pt. The maximum absolute atomic E-state index is 4.82. The van der Waals surface area contributed by atoms with E-state index in [4.69, 9.17) is 9.97 Å². The summed E-state index contributed by atoms with van der Waals surface area (Å²) in [5.74, 6) is 2.03. The molecule has 232 valence electrons. The summed E-state index contributed by atoms with van der Waals surface area (Å²) in [5, 5.41) is 0. The van der Waals surface area contributed by atoms with Crippen molar-refractivity contribution in [3.05, 3.63) is 106 Å². The smallest absolute Gasteiger partial charge is 0.350 e. The van der Waals surface area contributed by atoms with Crippen LogP contribution in [-0.2, 0) is 50.2 Å². The minimum atomic E-state index is -0.280. The number of fused-ring (bicyclic) bond motifs is 2. The van der Waals surface area contributed by atoms with Gasteiger partial charge in [-0.2, -0.15) is 47.5 Å². The van der Waals surface area contributed by atoms with E-state index in [1.54, 1.807) is 0 Å². The van der Waals surface area contributed by atoms with Gasteiger partial charge in [-0.1, -0.05) is 79.6 Å². The second kappa shape index (κ2) is 12.1. The van der Waals surface area contributed by atoms with Crippen LogP contribution < -0.4 is 9.80 Å². The Hall–Kier alpha value is -2.97. The maximum atomic E-state index is 4.82. The van der Waals surface area contributed by atoms with Crippen molar-refractivity contribution < 1.29 is 21.1 Å². The number of benzene rings is 2. The van der Waals surface area contributed by atoms with Crippen molar-refractivity contribution in [3.63, 3.8) is 0 Å². The molecule has 2 aromatic carbocycles. The summed E-state index contributed by atoms with van der Waals surface area (Å²) in [7, 11) is 0. The van der Waals surface area contributed by atoms with E-state index in [9.17, 15) is 0 Å². The van der Waals surface area contributed by atoms with Gasteiger partial charge in [-0.3, -0.25) is 0 Å². The van der Waals surface area contributed by atoms with Gasteiger partial charge >= 0.3 is 21.1 Å². The molecule has 4 aromatic rings. The van der Waals surface area contributed by atoms with Crippen molar-refractivity contribution in [3.8, 4) is 0 Å². The average molecular weight is 766 g/mol. The first kappa shape index (κ1) is 32.4. The Bertz CT molecular complexity index is 1520. The van der Waals surface area contributed by atoms with E-state index in [1.165, 1.54) is 33.4 Å². The molecule has 2 aromatic heterocycles. The average Bonchev–Trinajstić information content (AvgIpc) is 2.99. The third-order valence-electron chi connectivity index (χ3n) is 9.34. The molecular weight excluding hydrogens is 720 g/mol. The number of hydrogen-bond acceptors (Lipinski definition) is 4. The van der Waals surface area contributed by atoms with Crippen molar-refractivity contribution in [1.29, 1.82) is 0 Å². The van der Waals surface area contributed by atoms with Crippen LogP contribution in [0.25, 0.3) is 0 Å². The zero-order valence-electron chi connectivity index (χ0n) is 27.6. The molecule has 0 unspecified atom stereocenters. The largest absolute Gasteiger partial charge is 2.00 e. The van der Waals surface area contributed by atoms with Crippen LogP contribution in [0.4, 0.5) is 23.0 Å². The number of aromatic nitrogens is 2. The third kappa shape index (κ3) is 6.25. The summed E-state index contributed by atoms with van der Waals surface area (Å²) in [5.41, 5.74) is 9.85. The van der Waals surface area contributed by atoms with Crippen LogP contribution in [0.15, 0.2) is 60.9 Å². The molecule has 4 heterocycles. The molecule has 0 radical (unpaired) electrons. The molecule has 0 bridgehead atoms. The van der Waals surface area contributed by atoms with Gasteiger partial charge in [-0.05, 0) is 64.5 Å². The van der Waals surface area contributed by atoms with Gasteiger partial charge in [-0.15, -0.1) is 11.1 Å². The van der Waals surface area contributed by atoms with Crippen LogP contribution in [-0.4, -0.2) is 23.1 Å². The predicted molar refractivity (Wildman–Crippen MR) is 179 cm³/mol. The van der Waals surface area contributed by atoms with Gasteiger partial charge in [0.15, 0.2) is 0 Å². The molecule has 0 saturated heterocycles. The SMILES string of the molecule is CC(C)(C)c1ccnc(N2CCCc3ccc(C(C)(C)c4[c-]c5c(cc4)CCCN5c4cc(C(C)(C)C)ccn4)[c-]c32)c1.[Pt+2]. The van der Waals surface area contributed by atoms with Crippen LogP contribution in [0, 0.1) is 12.1 Å². The number of aryl methyl sites for hydroxylation is 2. The zero-order valence-corrected chi connectivity index (χ0v) is 29.9. The molecule has 0 fully saturated rings. The molecule has 6 rings (SSSR count). The van der Waals surface area contributed by atoms with Crippen LogP contribution >= 0.6 is 0 Å². The number of hydrogen-bond donors (Lipinski definition) is 0. The number of anilines is 4. The van der Waals surface area contributed by atoms with Gasteiger partial charge in [0.1, 0.15) is 11.6 Å². The Morgan fingerprint density at radius 2 is 1.00 bits per heavy atom. The molecule has 0 spiro atoms. The number of rotatable bonds is 4. The van der Waals surface area contributed by atoms with E-state index in [0.29, 0.717) is 0 Å². The molecule has 4 nitrogen and oxygen atoms in total. The Morgan fingerprint density at radius 3 is 1.39 bits per heavy atom. The summed E-state index contributed by atoms with van der Waals surface area (Å²) >= 11 is 0. The van der Waals surface area contributed by atoms with Crippen molar-refractivity contribution in [2.75, 3.05) is 22.9 Å². The maximum Gasteiger partial charge on any atom is 2.00 e. The number of nitrogens with zero attached hydrogens (tertiary/aromatic N) is 4. The molecule has 0 atom stereocenters. The van der Waals surface area contributed by atoms with Crippen LogP contribution in [0.5, 0.6) is 0 Å². The van der Waals surface area contributed by atoms with Crippen molar-refractivity contribution in [2.24, 2.45) is 0 Å². The minimum Gasteiger partial charge on any atom is -0.350 e. The van der Waals surface area contributed by atoms with E-state index in [-0.39, 0.29) is 37.3 Å². The molecule has 5 heteroatoms. The minimum absolute atomic E-state index is 0. The van der Waals surface area contributed by atoms with E-state index in [0.717, 1.165) is 61.8 Å². The molecule has 0 saturated carbocycles. The first-order valence-corrected chi connectivity index (χ1v) is 15.9. The molecule has 0 N–H and O–H groups in total. The van der Waals surface area contributed by atoms with Gasteiger partial charge < -0.3 is 9.80 Å². The van der Waals surface area contributed by atoms with Gasteiger partial charge in [0.25, 0.3) is 0 Å². The van der Waals surface area contributed by atoms with E-state index >= 15 is 0 Å². The summed E-state index contributed by atoms with van der Waals surface area (Å²) in [4.78, 5) is 14.4. The zero-order chi connectivity index (χ0) is 30.6. The fraction of sp³-hybridized carbons (Fsp3) is 0.436. The monoisotopic (exact) mass is 765 g/mol. The van der Waals surface area contributed by atoms with Gasteiger partial charge in [0, 0.05) is 25.5 Å². The first-order chi connectivity index (χ1) is 20.3. The topological polar surface area (TPSA) is 32.3 Å². The Labute approximate surface area is 279 Å². The first-order valence-electron chi connectivity index (χ1n) is 15.9. The summed E-state index contributed by atoms with van der Waals surface area (Å²) in [6.45, 7) is 20.1. The molecule has 0 aliphatic carbocycles. The van der Waals surface area contributed by atoms with Crippen molar-refractivity contribution in [2.45, 2.75) is 97.3 Å². The van der Waals surface area contributed by atoms with Gasteiger partial charge in [0.2, 0.25) is 0 Å². The number of pyridine rings is 2. The van der Waals surface area contributed by atoms with E-state index in [2.05, 4.69) is 126 Å².